The molecule has 3 aromatic rings. The van der Waals surface area contributed by atoms with Crippen LogP contribution in [-0.4, -0.2) is 55.9 Å². The normalized spacial score (nSPS) is 13.9. The fourth-order valence-corrected chi connectivity index (χ4v) is 4.99. The zero-order valence-corrected chi connectivity index (χ0v) is 23.6. The van der Waals surface area contributed by atoms with E-state index in [-0.39, 0.29) is 47.1 Å². The lowest BCUT2D eigenvalue weighted by Gasteiger charge is -2.15. The van der Waals surface area contributed by atoms with E-state index in [1.807, 2.05) is 31.2 Å². The highest BCUT2D eigenvalue weighted by molar-refractivity contribution is 8.18. The zero-order chi connectivity index (χ0) is 28.6. The first kappa shape index (κ1) is 28.8. The highest BCUT2D eigenvalue weighted by Gasteiger charge is 2.35. The number of carbonyl (C=O) groups excluding carboxylic acids is 3. The Labute approximate surface area is 241 Å². The highest BCUT2D eigenvalue weighted by Crippen LogP contribution is 2.39. The van der Waals surface area contributed by atoms with E-state index in [0.29, 0.717) is 22.7 Å². The van der Waals surface area contributed by atoms with Crippen LogP contribution in [-0.2, 0) is 9.59 Å². The van der Waals surface area contributed by atoms with Crippen LogP contribution in [0.4, 0.5) is 10.5 Å². The molecule has 11 heteroatoms. The maximum atomic E-state index is 12.9. The van der Waals surface area contributed by atoms with E-state index in [2.05, 4.69) is 5.32 Å². The van der Waals surface area contributed by atoms with E-state index < -0.39 is 11.1 Å². The smallest absolute Gasteiger partial charge is 0.293 e. The van der Waals surface area contributed by atoms with Gasteiger partial charge < -0.3 is 24.3 Å². The van der Waals surface area contributed by atoms with Crippen LogP contribution in [0.25, 0.3) is 6.08 Å². The minimum absolute atomic E-state index is 0.0710. The number of ether oxygens (including phenoxy) is 4. The summed E-state index contributed by atoms with van der Waals surface area (Å²) in [5.74, 6) is 0.720. The number of hydrogen-bond acceptors (Lipinski definition) is 8. The van der Waals surface area contributed by atoms with Gasteiger partial charge in [-0.15, -0.1) is 0 Å². The van der Waals surface area contributed by atoms with Crippen LogP contribution in [0.1, 0.15) is 11.1 Å². The molecule has 1 aliphatic rings. The molecule has 0 aromatic heterocycles. The van der Waals surface area contributed by atoms with Gasteiger partial charge >= 0.3 is 0 Å². The molecule has 1 heterocycles. The number of benzene rings is 3. The standard InChI is InChI=1S/C29H27ClN2O7S/c1-18-7-6-8-20(13-18)31-26(33)17-39-27-21(30)14-19(15-24(27)37-3)16-25-28(34)32(29(35)40-25)11-12-38-23-10-5-4-9-22(23)36-2/h4-10,13-16H,11-12,17H2,1-3H3,(H,31,33)/b25-16-. The molecule has 3 aromatic carbocycles. The van der Waals surface area contributed by atoms with Crippen LogP contribution in [0, 0.1) is 6.92 Å². The zero-order valence-electron chi connectivity index (χ0n) is 22.1. The van der Waals surface area contributed by atoms with Crippen LogP contribution < -0.4 is 24.3 Å². The third-order valence-corrected chi connectivity index (χ3v) is 6.90. The average molecular weight is 583 g/mol. The number of para-hydroxylation sites is 2. The van der Waals surface area contributed by atoms with Gasteiger partial charge in [-0.1, -0.05) is 35.9 Å². The Morgan fingerprint density at radius 2 is 1.73 bits per heavy atom. The van der Waals surface area contributed by atoms with Gasteiger partial charge in [-0.05, 0) is 72.3 Å². The number of nitrogens with one attached hydrogen (secondary N) is 1. The lowest BCUT2D eigenvalue weighted by atomic mass is 10.1. The van der Waals surface area contributed by atoms with Crippen molar-refractivity contribution in [3.05, 3.63) is 81.7 Å². The molecule has 4 rings (SSSR count). The topological polar surface area (TPSA) is 103 Å². The number of amides is 3. The number of nitrogens with zero attached hydrogens (tertiary/aromatic N) is 1. The van der Waals surface area contributed by atoms with Crippen molar-refractivity contribution in [1.82, 2.24) is 4.90 Å². The summed E-state index contributed by atoms with van der Waals surface area (Å²) in [7, 11) is 2.97. The lowest BCUT2D eigenvalue weighted by molar-refractivity contribution is -0.123. The molecule has 9 nitrogen and oxygen atoms in total. The first-order chi connectivity index (χ1) is 19.3. The van der Waals surface area contributed by atoms with Crippen LogP contribution in [0.15, 0.2) is 65.6 Å². The number of methoxy groups -OCH3 is 2. The van der Waals surface area contributed by atoms with Gasteiger partial charge in [-0.2, -0.15) is 0 Å². The van der Waals surface area contributed by atoms with E-state index in [0.717, 1.165) is 22.2 Å². The van der Waals surface area contributed by atoms with Crippen LogP contribution >= 0.6 is 23.4 Å². The van der Waals surface area contributed by atoms with Gasteiger partial charge in [0.2, 0.25) is 0 Å². The second-order valence-electron chi connectivity index (χ2n) is 8.57. The highest BCUT2D eigenvalue weighted by atomic mass is 35.5. The van der Waals surface area contributed by atoms with Crippen LogP contribution in [0.3, 0.4) is 0 Å². The van der Waals surface area contributed by atoms with Gasteiger partial charge in [0, 0.05) is 5.69 Å². The first-order valence-corrected chi connectivity index (χ1v) is 13.4. The Bertz CT molecular complexity index is 1460. The van der Waals surface area contributed by atoms with Gasteiger partial charge in [-0.25, -0.2) is 0 Å². The van der Waals surface area contributed by atoms with Gasteiger partial charge in [-0.3, -0.25) is 19.3 Å². The molecule has 1 fully saturated rings. The largest absolute Gasteiger partial charge is 0.493 e. The predicted molar refractivity (Wildman–Crippen MR) is 154 cm³/mol. The number of halogens is 1. The maximum Gasteiger partial charge on any atom is 0.293 e. The fraction of sp³-hybridized carbons (Fsp3) is 0.207. The molecule has 0 spiro atoms. The molecule has 1 saturated heterocycles. The molecule has 3 amide bonds. The molecule has 208 valence electrons. The third kappa shape index (κ3) is 7.08. The summed E-state index contributed by atoms with van der Waals surface area (Å²) in [6.45, 7) is 1.81. The lowest BCUT2D eigenvalue weighted by Crippen LogP contribution is -2.32. The Morgan fingerprint density at radius 3 is 2.45 bits per heavy atom. The molecule has 1 N–H and O–H groups in total. The summed E-state index contributed by atoms with van der Waals surface area (Å²) in [5.41, 5.74) is 2.19. The summed E-state index contributed by atoms with van der Waals surface area (Å²) in [5, 5.41) is 2.54. The molecule has 1 aliphatic heterocycles. The van der Waals surface area contributed by atoms with E-state index in [9.17, 15) is 14.4 Å². The Hall–Kier alpha value is -4.15. The summed E-state index contributed by atoms with van der Waals surface area (Å²) in [6, 6.07) is 17.7. The minimum atomic E-state index is -0.443. The monoisotopic (exact) mass is 582 g/mol. The number of rotatable bonds is 11. The molecular formula is C29H27ClN2O7S. The second-order valence-corrected chi connectivity index (χ2v) is 9.97. The Kier molecular flexibility index (Phi) is 9.57. The molecular weight excluding hydrogens is 556 g/mol. The van der Waals surface area contributed by atoms with E-state index in [1.54, 1.807) is 42.5 Å². The molecule has 0 aliphatic carbocycles. The molecule has 0 bridgehead atoms. The minimum Gasteiger partial charge on any atom is -0.493 e. The molecule has 0 saturated carbocycles. The molecule has 0 unspecified atom stereocenters. The summed E-state index contributed by atoms with van der Waals surface area (Å²) < 4.78 is 22.0. The summed E-state index contributed by atoms with van der Waals surface area (Å²) >= 11 is 7.27. The van der Waals surface area contributed by atoms with Crippen molar-refractivity contribution in [2.24, 2.45) is 0 Å². The second kappa shape index (κ2) is 13.3. The third-order valence-electron chi connectivity index (χ3n) is 5.71. The SMILES string of the molecule is COc1ccccc1OCCN1C(=O)S/C(=C\c2cc(Cl)c(OCC(=O)Nc3cccc(C)c3)c(OC)c2)C1=O. The van der Waals surface area contributed by atoms with Crippen molar-refractivity contribution in [3.8, 4) is 23.0 Å². The average Bonchev–Trinajstić information content (AvgIpc) is 3.19. The number of aryl methyl sites for hydroxylation is 1. The number of thioether (sulfide) groups is 1. The van der Waals surface area contributed by atoms with Crippen molar-refractivity contribution in [1.29, 1.82) is 0 Å². The van der Waals surface area contributed by atoms with Gasteiger partial charge in [0.05, 0.1) is 30.7 Å². The van der Waals surface area contributed by atoms with Crippen molar-refractivity contribution in [2.75, 3.05) is 39.3 Å². The molecule has 40 heavy (non-hydrogen) atoms. The summed E-state index contributed by atoms with van der Waals surface area (Å²) in [4.78, 5) is 39.2. The fourth-order valence-electron chi connectivity index (χ4n) is 3.85. The van der Waals surface area contributed by atoms with Crippen LogP contribution in [0.2, 0.25) is 5.02 Å². The van der Waals surface area contributed by atoms with Crippen molar-refractivity contribution in [2.45, 2.75) is 6.92 Å². The molecule has 0 atom stereocenters. The maximum absolute atomic E-state index is 12.9. The van der Waals surface area contributed by atoms with E-state index >= 15 is 0 Å². The quantitative estimate of drug-likeness (QED) is 0.283. The van der Waals surface area contributed by atoms with Crippen LogP contribution in [0.5, 0.6) is 23.0 Å². The number of anilines is 1. The summed E-state index contributed by atoms with van der Waals surface area (Å²) in [6.07, 6.45) is 1.55. The first-order valence-electron chi connectivity index (χ1n) is 12.2. The van der Waals surface area contributed by atoms with Gasteiger partial charge in [0.25, 0.3) is 17.1 Å². The predicted octanol–water partition coefficient (Wildman–Crippen LogP) is 5.80. The van der Waals surface area contributed by atoms with E-state index in [4.69, 9.17) is 30.5 Å². The Balaban J connectivity index is 1.40. The van der Waals surface area contributed by atoms with Crippen molar-refractivity contribution >= 4 is 52.2 Å². The molecule has 0 radical (unpaired) electrons. The number of hydrogen-bond donors (Lipinski definition) is 1. The number of carbonyl (C=O) groups is 3. The van der Waals surface area contributed by atoms with Crippen molar-refractivity contribution in [3.63, 3.8) is 0 Å². The van der Waals surface area contributed by atoms with Crippen molar-refractivity contribution < 1.29 is 33.3 Å². The van der Waals surface area contributed by atoms with E-state index in [1.165, 1.54) is 14.2 Å². The number of imide groups is 1. The van der Waals surface area contributed by atoms with Gasteiger partial charge in [0.15, 0.2) is 29.6 Å². The van der Waals surface area contributed by atoms with Gasteiger partial charge in [0.1, 0.15) is 6.61 Å². The Morgan fingerprint density at radius 1 is 0.975 bits per heavy atom.